The Morgan fingerprint density at radius 1 is 1.24 bits per heavy atom. The van der Waals surface area contributed by atoms with Gasteiger partial charge in [0.1, 0.15) is 5.58 Å². The molecule has 3 aromatic rings. The lowest BCUT2D eigenvalue weighted by Gasteiger charge is -2.05. The Bertz CT molecular complexity index is 962. The van der Waals surface area contributed by atoms with Gasteiger partial charge in [-0.3, -0.25) is 0 Å². The molecule has 25 heavy (non-hydrogen) atoms. The molecule has 130 valence electrons. The lowest BCUT2D eigenvalue weighted by Crippen LogP contribution is -2.00. The van der Waals surface area contributed by atoms with Crippen LogP contribution >= 0.6 is 34.9 Å². The maximum atomic E-state index is 11.9. The number of aromatic nitrogens is 2. The van der Waals surface area contributed by atoms with Crippen LogP contribution in [0, 0.1) is 0 Å². The molecular formula is C18H18N2O2S3. The number of benzene rings is 1. The van der Waals surface area contributed by atoms with Gasteiger partial charge in [0.05, 0.1) is 0 Å². The van der Waals surface area contributed by atoms with Crippen LogP contribution in [0.15, 0.2) is 54.3 Å². The predicted octanol–water partition coefficient (Wildman–Crippen LogP) is 5.17. The van der Waals surface area contributed by atoms with Gasteiger partial charge >= 0.3 is 5.63 Å². The van der Waals surface area contributed by atoms with Crippen molar-refractivity contribution < 1.29 is 4.42 Å². The highest BCUT2D eigenvalue weighted by Gasteiger charge is 2.10. The monoisotopic (exact) mass is 390 g/mol. The van der Waals surface area contributed by atoms with Crippen LogP contribution in [-0.2, 0) is 12.2 Å². The van der Waals surface area contributed by atoms with E-state index in [1.165, 1.54) is 0 Å². The van der Waals surface area contributed by atoms with Gasteiger partial charge in [-0.25, -0.2) is 4.79 Å². The zero-order valence-corrected chi connectivity index (χ0v) is 16.5. The van der Waals surface area contributed by atoms with Gasteiger partial charge in [-0.2, -0.15) is 0 Å². The van der Waals surface area contributed by atoms with Gasteiger partial charge in [-0.05, 0) is 30.5 Å². The molecule has 2 aromatic heterocycles. The second kappa shape index (κ2) is 8.21. The Balaban J connectivity index is 1.77. The van der Waals surface area contributed by atoms with Crippen molar-refractivity contribution in [2.24, 2.45) is 0 Å². The molecule has 3 rings (SSSR count). The lowest BCUT2D eigenvalue weighted by atomic mass is 10.1. The van der Waals surface area contributed by atoms with Crippen LogP contribution in [0.4, 0.5) is 0 Å². The molecule has 0 fully saturated rings. The number of thioether (sulfide) groups is 2. The van der Waals surface area contributed by atoms with E-state index in [1.54, 1.807) is 40.9 Å². The summed E-state index contributed by atoms with van der Waals surface area (Å²) in [5, 5.41) is 9.39. The number of hydrogen-bond donors (Lipinski definition) is 0. The van der Waals surface area contributed by atoms with Gasteiger partial charge in [-0.15, -0.1) is 10.2 Å². The van der Waals surface area contributed by atoms with Crippen LogP contribution in [-0.4, -0.2) is 16.0 Å². The minimum atomic E-state index is -0.314. The zero-order valence-electron chi connectivity index (χ0n) is 14.1. The normalized spacial score (nSPS) is 11.1. The molecule has 4 nitrogen and oxygen atoms in total. The van der Waals surface area contributed by atoms with Crippen molar-refractivity contribution in [1.82, 2.24) is 10.2 Å². The molecule has 0 spiro atoms. The maximum Gasteiger partial charge on any atom is 0.336 e. The van der Waals surface area contributed by atoms with E-state index in [9.17, 15) is 4.79 Å². The summed E-state index contributed by atoms with van der Waals surface area (Å²) in [4.78, 5) is 11.9. The Morgan fingerprint density at radius 2 is 2.00 bits per heavy atom. The molecule has 0 saturated heterocycles. The summed E-state index contributed by atoms with van der Waals surface area (Å²) in [5.41, 5.74) is 3.57. The highest BCUT2D eigenvalue weighted by Crippen LogP contribution is 2.32. The van der Waals surface area contributed by atoms with E-state index in [1.807, 2.05) is 19.1 Å². The van der Waals surface area contributed by atoms with Gasteiger partial charge in [0.15, 0.2) is 8.68 Å². The Labute approximate surface area is 158 Å². The largest absolute Gasteiger partial charge is 0.423 e. The van der Waals surface area contributed by atoms with Crippen molar-refractivity contribution in [3.05, 3.63) is 58.0 Å². The fraction of sp³-hybridized carbons (Fsp3) is 0.278. The maximum absolute atomic E-state index is 11.9. The molecule has 0 saturated carbocycles. The van der Waals surface area contributed by atoms with Crippen LogP contribution in [0.25, 0.3) is 11.0 Å². The van der Waals surface area contributed by atoms with Crippen molar-refractivity contribution in [2.45, 2.75) is 34.7 Å². The molecule has 0 unspecified atom stereocenters. The third-order valence-corrected chi connectivity index (χ3v) is 6.95. The summed E-state index contributed by atoms with van der Waals surface area (Å²) < 4.78 is 7.19. The lowest BCUT2D eigenvalue weighted by molar-refractivity contribution is 0.559. The number of aryl methyl sites for hydroxylation is 1. The molecule has 0 bridgehead atoms. The average molecular weight is 391 g/mol. The Morgan fingerprint density at radius 3 is 2.72 bits per heavy atom. The summed E-state index contributed by atoms with van der Waals surface area (Å²) in [6, 6.07) is 7.62. The second-order valence-electron chi connectivity index (χ2n) is 5.64. The molecule has 2 heterocycles. The van der Waals surface area contributed by atoms with E-state index >= 15 is 0 Å². The minimum absolute atomic E-state index is 0.314. The third-order valence-electron chi connectivity index (χ3n) is 3.48. The molecule has 0 aliphatic heterocycles. The van der Waals surface area contributed by atoms with E-state index in [0.717, 1.165) is 42.9 Å². The molecule has 1 aromatic carbocycles. The van der Waals surface area contributed by atoms with Crippen LogP contribution in [0.3, 0.4) is 0 Å². The van der Waals surface area contributed by atoms with Crippen molar-refractivity contribution in [1.29, 1.82) is 0 Å². The average Bonchev–Trinajstić information content (AvgIpc) is 3.05. The van der Waals surface area contributed by atoms with Gasteiger partial charge in [0, 0.05) is 23.0 Å². The van der Waals surface area contributed by atoms with Gasteiger partial charge in [0.2, 0.25) is 0 Å². The minimum Gasteiger partial charge on any atom is -0.423 e. The van der Waals surface area contributed by atoms with E-state index in [0.29, 0.717) is 11.3 Å². The Hall–Kier alpha value is -1.57. The topological polar surface area (TPSA) is 56.0 Å². The van der Waals surface area contributed by atoms with Gasteiger partial charge in [0.25, 0.3) is 0 Å². The molecule has 0 aliphatic rings. The van der Waals surface area contributed by atoms with E-state index in [-0.39, 0.29) is 5.63 Å². The first kappa shape index (κ1) is 18.2. The smallest absolute Gasteiger partial charge is 0.336 e. The number of fused-ring (bicyclic) bond motifs is 1. The standard InChI is InChI=1S/C18H18N2O2S3/c1-4-12-5-6-14-13(8-16(21)22-15(14)7-12)10-24-18-20-19-17(25-18)23-9-11(2)3/h5-8H,2,4,9-10H2,1,3H3. The summed E-state index contributed by atoms with van der Waals surface area (Å²) in [7, 11) is 0. The summed E-state index contributed by atoms with van der Waals surface area (Å²) in [6.45, 7) is 7.98. The molecule has 0 atom stereocenters. The third kappa shape index (κ3) is 4.74. The molecule has 0 radical (unpaired) electrons. The van der Waals surface area contributed by atoms with Crippen LogP contribution in [0.1, 0.15) is 25.0 Å². The number of hydrogen-bond acceptors (Lipinski definition) is 7. The van der Waals surface area contributed by atoms with E-state index in [2.05, 4.69) is 29.8 Å². The molecule has 0 amide bonds. The SMILES string of the molecule is C=C(C)CSc1nnc(SCc2cc(=O)oc3cc(CC)ccc23)s1. The van der Waals surface area contributed by atoms with E-state index < -0.39 is 0 Å². The molecule has 0 aliphatic carbocycles. The van der Waals surface area contributed by atoms with Crippen LogP contribution in [0.2, 0.25) is 0 Å². The fourth-order valence-corrected chi connectivity index (χ4v) is 5.11. The van der Waals surface area contributed by atoms with Crippen LogP contribution in [0.5, 0.6) is 0 Å². The molecule has 7 heteroatoms. The van der Waals surface area contributed by atoms with Gasteiger partial charge in [-0.1, -0.05) is 66.1 Å². The zero-order chi connectivity index (χ0) is 17.8. The number of nitrogens with zero attached hydrogens (tertiary/aromatic N) is 2. The van der Waals surface area contributed by atoms with Crippen molar-refractivity contribution >= 4 is 45.8 Å². The van der Waals surface area contributed by atoms with Crippen LogP contribution < -0.4 is 5.63 Å². The fourth-order valence-electron chi connectivity index (χ4n) is 2.25. The quantitative estimate of drug-likeness (QED) is 0.315. The first-order chi connectivity index (χ1) is 12.0. The van der Waals surface area contributed by atoms with E-state index in [4.69, 9.17) is 4.42 Å². The summed E-state index contributed by atoms with van der Waals surface area (Å²) in [6.07, 6.45) is 0.911. The van der Waals surface area contributed by atoms with Gasteiger partial charge < -0.3 is 4.42 Å². The number of rotatable bonds is 7. The van der Waals surface area contributed by atoms with Crippen molar-refractivity contribution in [2.75, 3.05) is 5.75 Å². The molecule has 0 N–H and O–H groups in total. The first-order valence-electron chi connectivity index (χ1n) is 7.84. The second-order valence-corrected chi connectivity index (χ2v) is 9.07. The predicted molar refractivity (Wildman–Crippen MR) is 107 cm³/mol. The Kier molecular flexibility index (Phi) is 5.98. The summed E-state index contributed by atoms with van der Waals surface area (Å²) >= 11 is 4.81. The highest BCUT2D eigenvalue weighted by atomic mass is 32.2. The summed E-state index contributed by atoms with van der Waals surface area (Å²) in [5.74, 6) is 1.51. The molecular weight excluding hydrogens is 372 g/mol. The first-order valence-corrected chi connectivity index (χ1v) is 10.6. The van der Waals surface area contributed by atoms with Crippen molar-refractivity contribution in [3.63, 3.8) is 0 Å². The highest BCUT2D eigenvalue weighted by molar-refractivity contribution is 8.03. The van der Waals surface area contributed by atoms with Crippen molar-refractivity contribution in [3.8, 4) is 0 Å².